The number of benzene rings is 2. The summed E-state index contributed by atoms with van der Waals surface area (Å²) in [6.45, 7) is 0. The first-order chi connectivity index (χ1) is 9.97. The molecule has 0 atom stereocenters. The minimum Gasteiger partial charge on any atom is -0.478 e. The molecule has 2 aromatic carbocycles. The molecule has 1 heterocycles. The molecule has 0 aliphatic rings. The van der Waals surface area contributed by atoms with Gasteiger partial charge >= 0.3 is 5.97 Å². The molecule has 106 valence electrons. The number of carboxylic acid groups (broad SMARTS) is 1. The number of oxazole rings is 1. The van der Waals surface area contributed by atoms with Crippen LogP contribution in [0.1, 0.15) is 10.4 Å². The first kappa shape index (κ1) is 13.2. The number of rotatable bonds is 2. The number of nitrogens with zero attached hydrogens (tertiary/aromatic N) is 1. The molecule has 0 bridgehead atoms. The van der Waals surface area contributed by atoms with E-state index in [9.17, 15) is 18.0 Å². The molecule has 0 aliphatic heterocycles. The highest BCUT2D eigenvalue weighted by Gasteiger charge is 2.21. The number of para-hydroxylation sites is 1. The van der Waals surface area contributed by atoms with E-state index in [1.807, 2.05) is 0 Å². The van der Waals surface area contributed by atoms with Crippen molar-refractivity contribution in [2.24, 2.45) is 0 Å². The van der Waals surface area contributed by atoms with Crippen molar-refractivity contribution in [3.05, 3.63) is 53.3 Å². The highest BCUT2D eigenvalue weighted by atomic mass is 19.1. The summed E-state index contributed by atoms with van der Waals surface area (Å²) >= 11 is 0. The Kier molecular flexibility index (Phi) is 2.90. The van der Waals surface area contributed by atoms with Crippen LogP contribution in [0.25, 0.3) is 22.6 Å². The molecule has 0 aliphatic carbocycles. The molecule has 0 amide bonds. The molecule has 3 rings (SSSR count). The quantitative estimate of drug-likeness (QED) is 0.784. The van der Waals surface area contributed by atoms with Crippen LogP contribution < -0.4 is 0 Å². The van der Waals surface area contributed by atoms with Gasteiger partial charge in [-0.15, -0.1) is 0 Å². The Morgan fingerprint density at radius 2 is 1.81 bits per heavy atom. The Hall–Kier alpha value is -2.83. The lowest BCUT2D eigenvalue weighted by Crippen LogP contribution is -1.97. The zero-order valence-electron chi connectivity index (χ0n) is 10.2. The number of fused-ring (bicyclic) bond motifs is 1. The van der Waals surface area contributed by atoms with E-state index < -0.39 is 34.9 Å². The van der Waals surface area contributed by atoms with Crippen LogP contribution in [-0.2, 0) is 0 Å². The molecule has 0 radical (unpaired) electrons. The van der Waals surface area contributed by atoms with Gasteiger partial charge in [0.25, 0.3) is 0 Å². The van der Waals surface area contributed by atoms with Crippen LogP contribution in [0.15, 0.2) is 34.7 Å². The molecule has 0 saturated heterocycles. The third-order valence-electron chi connectivity index (χ3n) is 2.87. The fourth-order valence-corrected chi connectivity index (χ4v) is 1.97. The van der Waals surface area contributed by atoms with Crippen molar-refractivity contribution in [3.8, 4) is 11.5 Å². The predicted octanol–water partition coefficient (Wildman–Crippen LogP) is 3.61. The normalized spacial score (nSPS) is 11.0. The van der Waals surface area contributed by atoms with Crippen LogP contribution >= 0.6 is 0 Å². The molecule has 0 fully saturated rings. The number of aromatic carboxylic acids is 1. The Labute approximate surface area is 115 Å². The lowest BCUT2D eigenvalue weighted by atomic mass is 10.2. The summed E-state index contributed by atoms with van der Waals surface area (Å²) in [5.74, 6) is -5.14. The van der Waals surface area contributed by atoms with Crippen molar-refractivity contribution < 1.29 is 27.5 Å². The third-order valence-corrected chi connectivity index (χ3v) is 2.87. The number of halogens is 3. The fraction of sp³-hybridized carbons (Fsp3) is 0. The van der Waals surface area contributed by atoms with Crippen molar-refractivity contribution in [1.29, 1.82) is 0 Å². The van der Waals surface area contributed by atoms with Gasteiger partial charge in [0.1, 0.15) is 28.5 Å². The third kappa shape index (κ3) is 2.12. The minimum absolute atomic E-state index is 0.0388. The van der Waals surface area contributed by atoms with Gasteiger partial charge in [-0.1, -0.05) is 6.07 Å². The first-order valence-corrected chi connectivity index (χ1v) is 5.75. The second-order valence-corrected chi connectivity index (χ2v) is 4.22. The zero-order chi connectivity index (χ0) is 15.1. The Bertz CT molecular complexity index is 850. The molecule has 3 aromatic rings. The van der Waals surface area contributed by atoms with E-state index in [0.717, 1.165) is 0 Å². The number of hydrogen-bond acceptors (Lipinski definition) is 3. The van der Waals surface area contributed by atoms with Crippen LogP contribution in [0.3, 0.4) is 0 Å². The Balaban J connectivity index is 2.28. The van der Waals surface area contributed by atoms with Gasteiger partial charge in [-0.05, 0) is 12.1 Å². The predicted molar refractivity (Wildman–Crippen MR) is 66.3 cm³/mol. The van der Waals surface area contributed by atoms with E-state index >= 15 is 0 Å². The van der Waals surface area contributed by atoms with Crippen molar-refractivity contribution in [3.63, 3.8) is 0 Å². The molecule has 0 saturated carbocycles. The Morgan fingerprint density at radius 3 is 2.43 bits per heavy atom. The van der Waals surface area contributed by atoms with E-state index in [2.05, 4.69) is 4.98 Å². The van der Waals surface area contributed by atoms with Crippen LogP contribution in [0.2, 0.25) is 0 Å². The van der Waals surface area contributed by atoms with Gasteiger partial charge < -0.3 is 9.52 Å². The van der Waals surface area contributed by atoms with E-state index in [1.165, 1.54) is 18.2 Å². The van der Waals surface area contributed by atoms with Crippen molar-refractivity contribution in [1.82, 2.24) is 4.98 Å². The average molecular weight is 293 g/mol. The second kappa shape index (κ2) is 4.62. The van der Waals surface area contributed by atoms with Gasteiger partial charge in [0.2, 0.25) is 5.89 Å². The highest BCUT2D eigenvalue weighted by molar-refractivity contribution is 6.00. The maximum absolute atomic E-state index is 13.7. The van der Waals surface area contributed by atoms with Crippen LogP contribution in [0.4, 0.5) is 13.2 Å². The summed E-state index contributed by atoms with van der Waals surface area (Å²) in [7, 11) is 0. The SMILES string of the molecule is O=C(O)c1cccc2oc(-c3c(F)cc(F)cc3F)nc12. The number of aromatic nitrogens is 1. The van der Waals surface area contributed by atoms with Gasteiger partial charge in [0, 0.05) is 12.1 Å². The molecular weight excluding hydrogens is 287 g/mol. The fourth-order valence-electron chi connectivity index (χ4n) is 1.97. The Morgan fingerprint density at radius 1 is 1.14 bits per heavy atom. The molecular formula is C14H6F3NO3. The van der Waals surface area contributed by atoms with E-state index in [4.69, 9.17) is 9.52 Å². The lowest BCUT2D eigenvalue weighted by Gasteiger charge is -2.00. The molecule has 0 spiro atoms. The molecule has 21 heavy (non-hydrogen) atoms. The first-order valence-electron chi connectivity index (χ1n) is 5.75. The maximum atomic E-state index is 13.7. The van der Waals surface area contributed by atoms with Crippen LogP contribution in [0, 0.1) is 17.5 Å². The van der Waals surface area contributed by atoms with Gasteiger partial charge in [-0.2, -0.15) is 0 Å². The van der Waals surface area contributed by atoms with Crippen molar-refractivity contribution in [2.75, 3.05) is 0 Å². The van der Waals surface area contributed by atoms with Crippen molar-refractivity contribution >= 4 is 17.1 Å². The summed E-state index contributed by atoms with van der Waals surface area (Å²) < 4.78 is 45.4. The van der Waals surface area contributed by atoms with Crippen LogP contribution in [0.5, 0.6) is 0 Å². The van der Waals surface area contributed by atoms with Gasteiger partial charge in [0.15, 0.2) is 5.58 Å². The molecule has 7 heteroatoms. The summed E-state index contributed by atoms with van der Waals surface area (Å²) in [4.78, 5) is 14.9. The summed E-state index contributed by atoms with van der Waals surface area (Å²) in [6, 6.07) is 5.10. The number of hydrogen-bond donors (Lipinski definition) is 1. The standard InChI is InChI=1S/C14H6F3NO3/c15-6-4-8(16)11(9(17)5-6)13-18-12-7(14(19)20)2-1-3-10(12)21-13/h1-5H,(H,19,20). The molecule has 0 unspecified atom stereocenters. The highest BCUT2D eigenvalue weighted by Crippen LogP contribution is 2.30. The zero-order valence-corrected chi connectivity index (χ0v) is 10.2. The summed E-state index contributed by atoms with van der Waals surface area (Å²) in [5.41, 5.74) is -0.787. The topological polar surface area (TPSA) is 63.3 Å². The van der Waals surface area contributed by atoms with E-state index in [-0.39, 0.29) is 16.7 Å². The molecule has 4 nitrogen and oxygen atoms in total. The van der Waals surface area contributed by atoms with Crippen LogP contribution in [-0.4, -0.2) is 16.1 Å². The van der Waals surface area contributed by atoms with E-state index in [1.54, 1.807) is 0 Å². The van der Waals surface area contributed by atoms with Crippen molar-refractivity contribution in [2.45, 2.75) is 0 Å². The maximum Gasteiger partial charge on any atom is 0.338 e. The minimum atomic E-state index is -1.25. The van der Waals surface area contributed by atoms with E-state index in [0.29, 0.717) is 12.1 Å². The lowest BCUT2D eigenvalue weighted by molar-refractivity contribution is 0.0699. The average Bonchev–Trinajstić information content (AvgIpc) is 2.79. The summed E-state index contributed by atoms with van der Waals surface area (Å²) in [5, 5.41) is 9.03. The van der Waals surface area contributed by atoms with Gasteiger partial charge in [-0.3, -0.25) is 0 Å². The second-order valence-electron chi connectivity index (χ2n) is 4.22. The smallest absolute Gasteiger partial charge is 0.338 e. The molecule has 1 aromatic heterocycles. The number of carboxylic acids is 1. The van der Waals surface area contributed by atoms with Gasteiger partial charge in [-0.25, -0.2) is 22.9 Å². The summed E-state index contributed by atoms with van der Waals surface area (Å²) in [6.07, 6.45) is 0. The largest absolute Gasteiger partial charge is 0.478 e. The monoisotopic (exact) mass is 293 g/mol. The molecule has 1 N–H and O–H groups in total. The number of carbonyl (C=O) groups is 1. The van der Waals surface area contributed by atoms with Gasteiger partial charge in [0.05, 0.1) is 5.56 Å².